The predicted molar refractivity (Wildman–Crippen MR) is 50.1 cm³/mol. The minimum atomic E-state index is 0.516. The molecule has 0 bridgehead atoms. The van der Waals surface area contributed by atoms with Gasteiger partial charge in [0.15, 0.2) is 0 Å². The molecule has 0 spiro atoms. The molecule has 1 rings (SSSR count). The van der Waals surface area contributed by atoms with Crippen LogP contribution in [0.2, 0.25) is 0 Å². The number of hydrogen-bond donors (Lipinski definition) is 3. The van der Waals surface area contributed by atoms with E-state index in [1.165, 1.54) is 0 Å². The molecule has 0 unspecified atom stereocenters. The molecule has 4 heteroatoms. The molecule has 5 N–H and O–H groups in total. The largest absolute Gasteiger partial charge is 0.327 e. The molecule has 0 fully saturated rings. The minimum Gasteiger partial charge on any atom is -0.327 e. The normalized spacial score (nSPS) is 10.5. The summed E-state index contributed by atoms with van der Waals surface area (Å²) in [5, 5.41) is 0. The molecule has 1 aromatic rings. The Hall–Kier alpha value is -1.39. The summed E-state index contributed by atoms with van der Waals surface area (Å²) in [5.74, 6) is 5.83. The van der Waals surface area contributed by atoms with Crippen LogP contribution in [0.3, 0.4) is 0 Å². The van der Waals surface area contributed by atoms with E-state index in [9.17, 15) is 0 Å². The van der Waals surface area contributed by atoms with Crippen LogP contribution in [-0.4, -0.2) is 11.5 Å². The molecule has 4 nitrogen and oxygen atoms in total. The topological polar surface area (TPSA) is 77.0 Å². The summed E-state index contributed by atoms with van der Waals surface area (Å²) < 4.78 is 0. The van der Waals surface area contributed by atoms with Gasteiger partial charge < -0.3 is 11.2 Å². The van der Waals surface area contributed by atoms with Gasteiger partial charge in [-0.1, -0.05) is 12.1 Å². The lowest BCUT2D eigenvalue weighted by molar-refractivity contribution is 1.21. The first-order chi connectivity index (χ1) is 5.86. The molecule has 0 saturated carbocycles. The van der Waals surface area contributed by atoms with Gasteiger partial charge in [0.05, 0.1) is 5.69 Å². The van der Waals surface area contributed by atoms with Crippen LogP contribution in [0.15, 0.2) is 24.3 Å². The SMILES string of the molecule is NCC=Cc1cccc(NN)n1. The van der Waals surface area contributed by atoms with Crippen LogP contribution in [0, 0.1) is 0 Å². The Bertz CT molecular complexity index is 270. The highest BCUT2D eigenvalue weighted by Crippen LogP contribution is 2.03. The molecule has 0 amide bonds. The van der Waals surface area contributed by atoms with Crippen molar-refractivity contribution in [1.82, 2.24) is 4.98 Å². The zero-order valence-corrected chi connectivity index (χ0v) is 6.70. The number of nitrogen functional groups attached to an aromatic ring is 1. The number of anilines is 1. The zero-order valence-electron chi connectivity index (χ0n) is 6.70. The molecule has 0 atom stereocenters. The van der Waals surface area contributed by atoms with Gasteiger partial charge in [0, 0.05) is 6.54 Å². The van der Waals surface area contributed by atoms with Crippen molar-refractivity contribution in [2.75, 3.05) is 12.0 Å². The summed E-state index contributed by atoms with van der Waals surface area (Å²) in [5.41, 5.74) is 8.60. The summed E-state index contributed by atoms with van der Waals surface area (Å²) in [6, 6.07) is 5.55. The fraction of sp³-hybridized carbons (Fsp3) is 0.125. The Kier molecular flexibility index (Phi) is 3.25. The lowest BCUT2D eigenvalue weighted by Crippen LogP contribution is -2.08. The van der Waals surface area contributed by atoms with E-state index >= 15 is 0 Å². The molecule has 64 valence electrons. The van der Waals surface area contributed by atoms with Crippen LogP contribution in [0.4, 0.5) is 5.82 Å². The summed E-state index contributed by atoms with van der Waals surface area (Å²) >= 11 is 0. The Morgan fingerprint density at radius 2 is 2.33 bits per heavy atom. The van der Waals surface area contributed by atoms with Gasteiger partial charge in [0.1, 0.15) is 5.82 Å². The maximum absolute atomic E-state index is 5.29. The first kappa shape index (κ1) is 8.70. The van der Waals surface area contributed by atoms with Crippen molar-refractivity contribution >= 4 is 11.9 Å². The molecule has 0 aliphatic carbocycles. The lowest BCUT2D eigenvalue weighted by atomic mass is 10.3. The highest BCUT2D eigenvalue weighted by Gasteiger charge is 1.90. The number of hydrogen-bond acceptors (Lipinski definition) is 4. The van der Waals surface area contributed by atoms with E-state index in [-0.39, 0.29) is 0 Å². The third-order valence-electron chi connectivity index (χ3n) is 1.34. The number of aromatic nitrogens is 1. The highest BCUT2D eigenvalue weighted by atomic mass is 15.2. The molecule has 0 aliphatic rings. The van der Waals surface area contributed by atoms with E-state index in [2.05, 4.69) is 10.4 Å². The van der Waals surface area contributed by atoms with Crippen molar-refractivity contribution in [3.63, 3.8) is 0 Å². The second kappa shape index (κ2) is 4.48. The fourth-order valence-electron chi connectivity index (χ4n) is 0.813. The number of hydrazine groups is 1. The van der Waals surface area contributed by atoms with E-state index in [1.807, 2.05) is 24.3 Å². The van der Waals surface area contributed by atoms with Gasteiger partial charge >= 0.3 is 0 Å². The van der Waals surface area contributed by atoms with Crippen LogP contribution in [0.25, 0.3) is 6.08 Å². The molecule has 0 saturated heterocycles. The Balaban J connectivity index is 2.79. The second-order valence-electron chi connectivity index (χ2n) is 2.23. The standard InChI is InChI=1S/C8H12N4/c9-6-2-4-7-3-1-5-8(11-7)12-10/h1-5H,6,9-10H2,(H,11,12). The summed E-state index contributed by atoms with van der Waals surface area (Å²) in [6.07, 6.45) is 3.68. The van der Waals surface area contributed by atoms with Crippen molar-refractivity contribution in [3.8, 4) is 0 Å². The zero-order chi connectivity index (χ0) is 8.81. The summed E-state index contributed by atoms with van der Waals surface area (Å²) in [6.45, 7) is 0.516. The van der Waals surface area contributed by atoms with Crippen LogP contribution < -0.4 is 17.0 Å². The maximum atomic E-state index is 5.29. The molecule has 12 heavy (non-hydrogen) atoms. The fourth-order valence-corrected chi connectivity index (χ4v) is 0.813. The van der Waals surface area contributed by atoms with E-state index in [0.717, 1.165) is 5.69 Å². The van der Waals surface area contributed by atoms with Gasteiger partial charge in [-0.15, -0.1) is 0 Å². The second-order valence-corrected chi connectivity index (χ2v) is 2.23. The van der Waals surface area contributed by atoms with Crippen molar-refractivity contribution in [1.29, 1.82) is 0 Å². The monoisotopic (exact) mass is 164 g/mol. The van der Waals surface area contributed by atoms with E-state index in [0.29, 0.717) is 12.4 Å². The average Bonchev–Trinajstić information content (AvgIpc) is 2.15. The Morgan fingerprint density at radius 3 is 3.00 bits per heavy atom. The van der Waals surface area contributed by atoms with E-state index in [4.69, 9.17) is 11.6 Å². The van der Waals surface area contributed by atoms with Gasteiger partial charge in [0.25, 0.3) is 0 Å². The number of nitrogens with two attached hydrogens (primary N) is 2. The summed E-state index contributed by atoms with van der Waals surface area (Å²) in [4.78, 5) is 4.15. The predicted octanol–water partition coefficient (Wildman–Crippen LogP) is 0.339. The van der Waals surface area contributed by atoms with E-state index < -0.39 is 0 Å². The van der Waals surface area contributed by atoms with Gasteiger partial charge in [-0.2, -0.15) is 0 Å². The first-order valence-electron chi connectivity index (χ1n) is 3.67. The first-order valence-corrected chi connectivity index (χ1v) is 3.67. The lowest BCUT2D eigenvalue weighted by Gasteiger charge is -1.98. The Morgan fingerprint density at radius 1 is 1.50 bits per heavy atom. The van der Waals surface area contributed by atoms with Crippen molar-refractivity contribution in [2.45, 2.75) is 0 Å². The van der Waals surface area contributed by atoms with Gasteiger partial charge in [-0.05, 0) is 18.2 Å². The average molecular weight is 164 g/mol. The van der Waals surface area contributed by atoms with Crippen molar-refractivity contribution < 1.29 is 0 Å². The van der Waals surface area contributed by atoms with Crippen molar-refractivity contribution in [2.24, 2.45) is 11.6 Å². The maximum Gasteiger partial charge on any atom is 0.140 e. The molecular formula is C8H12N4. The van der Waals surface area contributed by atoms with Crippen molar-refractivity contribution in [3.05, 3.63) is 30.0 Å². The molecule has 0 radical (unpaired) electrons. The van der Waals surface area contributed by atoms with E-state index in [1.54, 1.807) is 6.07 Å². The van der Waals surface area contributed by atoms with Gasteiger partial charge in [0.2, 0.25) is 0 Å². The van der Waals surface area contributed by atoms with Gasteiger partial charge in [-0.3, -0.25) is 0 Å². The molecule has 0 aromatic carbocycles. The summed E-state index contributed by atoms with van der Waals surface area (Å²) in [7, 11) is 0. The van der Waals surface area contributed by atoms with Gasteiger partial charge in [-0.25, -0.2) is 10.8 Å². The molecule has 1 aromatic heterocycles. The number of rotatable bonds is 3. The number of nitrogens with one attached hydrogen (secondary N) is 1. The number of nitrogens with zero attached hydrogens (tertiary/aromatic N) is 1. The molecule has 0 aliphatic heterocycles. The van der Waals surface area contributed by atoms with Crippen LogP contribution in [0.1, 0.15) is 5.69 Å². The third-order valence-corrected chi connectivity index (χ3v) is 1.34. The molecule has 1 heterocycles. The number of pyridine rings is 1. The van der Waals surface area contributed by atoms with Crippen LogP contribution in [0.5, 0.6) is 0 Å². The highest BCUT2D eigenvalue weighted by molar-refractivity contribution is 5.48. The Labute approximate surface area is 71.3 Å². The third kappa shape index (κ3) is 2.34. The quantitative estimate of drug-likeness (QED) is 0.444. The van der Waals surface area contributed by atoms with Crippen LogP contribution >= 0.6 is 0 Å². The molecular weight excluding hydrogens is 152 g/mol. The minimum absolute atomic E-state index is 0.516. The smallest absolute Gasteiger partial charge is 0.140 e. The van der Waals surface area contributed by atoms with Crippen LogP contribution in [-0.2, 0) is 0 Å².